The number of hydrogen-bond acceptors (Lipinski definition) is 3. The minimum atomic E-state index is 0.360. The van der Waals surface area contributed by atoms with E-state index < -0.39 is 0 Å². The van der Waals surface area contributed by atoms with E-state index in [1.54, 1.807) is 0 Å². The molecular formula is C15H19N3O. The number of aryl methyl sites for hydroxylation is 1. The average Bonchev–Trinajstić information content (AvgIpc) is 2.98. The highest BCUT2D eigenvalue weighted by Crippen LogP contribution is 2.28. The Morgan fingerprint density at radius 3 is 3.11 bits per heavy atom. The maximum absolute atomic E-state index is 6.07. The zero-order chi connectivity index (χ0) is 13.2. The molecular weight excluding hydrogens is 238 g/mol. The Morgan fingerprint density at radius 1 is 1.47 bits per heavy atom. The minimum Gasteiger partial charge on any atom is -0.396 e. The molecule has 1 aliphatic heterocycles. The van der Waals surface area contributed by atoms with Crippen molar-refractivity contribution in [2.75, 3.05) is 18.9 Å². The highest BCUT2D eigenvalue weighted by Gasteiger charge is 2.22. The second kappa shape index (κ2) is 5.05. The van der Waals surface area contributed by atoms with Gasteiger partial charge in [0.25, 0.3) is 0 Å². The van der Waals surface area contributed by atoms with E-state index in [1.165, 1.54) is 11.1 Å². The molecule has 1 fully saturated rings. The molecule has 1 aliphatic rings. The Labute approximate surface area is 113 Å². The van der Waals surface area contributed by atoms with Crippen LogP contribution in [0.25, 0.3) is 0 Å². The summed E-state index contributed by atoms with van der Waals surface area (Å²) in [5.41, 5.74) is 10.4. The highest BCUT2D eigenvalue weighted by atomic mass is 16.5. The monoisotopic (exact) mass is 257 g/mol. The number of ether oxygens (including phenoxy) is 1. The standard InChI is InChI=1S/C15H19N3O/c1-11-3-2-4-12(7-11)8-18-9-14(16)15(17-18)13-5-6-19-10-13/h2-4,7,9,13H,5-6,8,10,16H2,1H3. The zero-order valence-electron chi connectivity index (χ0n) is 11.2. The molecule has 1 unspecified atom stereocenters. The van der Waals surface area contributed by atoms with Gasteiger partial charge in [-0.05, 0) is 18.9 Å². The first-order chi connectivity index (χ1) is 9.22. The third-order valence-corrected chi connectivity index (χ3v) is 3.56. The number of hydrogen-bond donors (Lipinski definition) is 1. The van der Waals surface area contributed by atoms with Crippen LogP contribution in [0.5, 0.6) is 0 Å². The van der Waals surface area contributed by atoms with Gasteiger partial charge >= 0.3 is 0 Å². The fourth-order valence-corrected chi connectivity index (χ4v) is 2.60. The van der Waals surface area contributed by atoms with Gasteiger partial charge in [0.05, 0.1) is 24.5 Å². The van der Waals surface area contributed by atoms with Gasteiger partial charge in [0.2, 0.25) is 0 Å². The van der Waals surface area contributed by atoms with Gasteiger partial charge in [-0.2, -0.15) is 5.10 Å². The molecule has 2 aromatic rings. The van der Waals surface area contributed by atoms with Gasteiger partial charge < -0.3 is 10.5 Å². The molecule has 2 heterocycles. The lowest BCUT2D eigenvalue weighted by molar-refractivity contribution is 0.193. The van der Waals surface area contributed by atoms with E-state index in [9.17, 15) is 0 Å². The fraction of sp³-hybridized carbons (Fsp3) is 0.400. The third-order valence-electron chi connectivity index (χ3n) is 3.56. The number of nitrogen functional groups attached to an aromatic ring is 1. The Bertz CT molecular complexity index is 571. The van der Waals surface area contributed by atoms with Crippen molar-refractivity contribution < 1.29 is 4.74 Å². The molecule has 4 heteroatoms. The largest absolute Gasteiger partial charge is 0.396 e. The Balaban J connectivity index is 1.80. The number of anilines is 1. The lowest BCUT2D eigenvalue weighted by Gasteiger charge is -2.05. The molecule has 19 heavy (non-hydrogen) atoms. The molecule has 0 amide bonds. The molecule has 1 aromatic heterocycles. The summed E-state index contributed by atoms with van der Waals surface area (Å²) in [7, 11) is 0. The Kier molecular flexibility index (Phi) is 3.25. The number of aromatic nitrogens is 2. The number of rotatable bonds is 3. The van der Waals surface area contributed by atoms with E-state index >= 15 is 0 Å². The summed E-state index contributed by atoms with van der Waals surface area (Å²) < 4.78 is 7.33. The van der Waals surface area contributed by atoms with Crippen molar-refractivity contribution in [2.24, 2.45) is 0 Å². The topological polar surface area (TPSA) is 53.1 Å². The van der Waals surface area contributed by atoms with Crippen molar-refractivity contribution in [1.29, 1.82) is 0 Å². The van der Waals surface area contributed by atoms with Crippen molar-refractivity contribution in [1.82, 2.24) is 9.78 Å². The van der Waals surface area contributed by atoms with Gasteiger partial charge in [-0.1, -0.05) is 29.8 Å². The lowest BCUT2D eigenvalue weighted by Crippen LogP contribution is -2.04. The molecule has 2 N–H and O–H groups in total. The summed E-state index contributed by atoms with van der Waals surface area (Å²) in [6.45, 7) is 4.42. The van der Waals surface area contributed by atoms with Gasteiger partial charge in [-0.3, -0.25) is 4.68 Å². The van der Waals surface area contributed by atoms with E-state index in [0.717, 1.165) is 37.6 Å². The van der Waals surface area contributed by atoms with Crippen LogP contribution >= 0.6 is 0 Å². The van der Waals surface area contributed by atoms with E-state index in [2.05, 4.69) is 36.3 Å². The van der Waals surface area contributed by atoms with E-state index in [1.807, 2.05) is 10.9 Å². The van der Waals surface area contributed by atoms with Crippen molar-refractivity contribution in [2.45, 2.75) is 25.8 Å². The van der Waals surface area contributed by atoms with Crippen LogP contribution in [0.2, 0.25) is 0 Å². The van der Waals surface area contributed by atoms with Crippen LogP contribution in [-0.2, 0) is 11.3 Å². The first kappa shape index (κ1) is 12.2. The molecule has 1 saturated heterocycles. The Hall–Kier alpha value is -1.81. The van der Waals surface area contributed by atoms with Crippen LogP contribution in [0.15, 0.2) is 30.5 Å². The SMILES string of the molecule is Cc1cccc(Cn2cc(N)c(C3CCOC3)n2)c1. The zero-order valence-corrected chi connectivity index (χ0v) is 11.2. The van der Waals surface area contributed by atoms with Crippen LogP contribution in [0.3, 0.4) is 0 Å². The predicted octanol–water partition coefficient (Wildman–Crippen LogP) is 2.33. The molecule has 100 valence electrons. The maximum atomic E-state index is 6.07. The average molecular weight is 257 g/mol. The molecule has 4 nitrogen and oxygen atoms in total. The minimum absolute atomic E-state index is 0.360. The lowest BCUT2D eigenvalue weighted by atomic mass is 10.0. The van der Waals surface area contributed by atoms with Crippen LogP contribution in [0.4, 0.5) is 5.69 Å². The molecule has 3 rings (SSSR count). The summed E-state index contributed by atoms with van der Waals surface area (Å²) in [4.78, 5) is 0. The summed E-state index contributed by atoms with van der Waals surface area (Å²) in [5.74, 6) is 0.360. The molecule has 1 aromatic carbocycles. The molecule has 0 aliphatic carbocycles. The van der Waals surface area contributed by atoms with Gasteiger partial charge in [-0.15, -0.1) is 0 Å². The van der Waals surface area contributed by atoms with Crippen molar-refractivity contribution in [3.05, 3.63) is 47.3 Å². The van der Waals surface area contributed by atoms with Crippen molar-refractivity contribution in [3.63, 3.8) is 0 Å². The predicted molar refractivity (Wildman–Crippen MR) is 75.1 cm³/mol. The third kappa shape index (κ3) is 2.63. The number of nitrogens with two attached hydrogens (primary N) is 1. The van der Waals surface area contributed by atoms with Gasteiger partial charge in [-0.25, -0.2) is 0 Å². The summed E-state index contributed by atoms with van der Waals surface area (Å²) >= 11 is 0. The summed E-state index contributed by atoms with van der Waals surface area (Å²) in [6, 6.07) is 8.46. The van der Waals surface area contributed by atoms with Crippen LogP contribution in [0, 0.1) is 6.92 Å². The fourth-order valence-electron chi connectivity index (χ4n) is 2.60. The van der Waals surface area contributed by atoms with Gasteiger partial charge in [0.15, 0.2) is 0 Å². The molecule has 1 atom stereocenters. The van der Waals surface area contributed by atoms with Gasteiger partial charge in [0.1, 0.15) is 0 Å². The van der Waals surface area contributed by atoms with Crippen molar-refractivity contribution in [3.8, 4) is 0 Å². The van der Waals surface area contributed by atoms with E-state index in [0.29, 0.717) is 5.92 Å². The van der Waals surface area contributed by atoms with Crippen LogP contribution < -0.4 is 5.73 Å². The quantitative estimate of drug-likeness (QED) is 0.918. The van der Waals surface area contributed by atoms with E-state index in [4.69, 9.17) is 10.5 Å². The second-order valence-corrected chi connectivity index (χ2v) is 5.22. The normalized spacial score (nSPS) is 18.9. The van der Waals surface area contributed by atoms with Crippen LogP contribution in [-0.4, -0.2) is 23.0 Å². The first-order valence-electron chi connectivity index (χ1n) is 6.68. The summed E-state index contributed by atoms with van der Waals surface area (Å²) in [5, 5.41) is 4.63. The second-order valence-electron chi connectivity index (χ2n) is 5.22. The number of benzene rings is 1. The molecule has 0 saturated carbocycles. The number of nitrogens with zero attached hydrogens (tertiary/aromatic N) is 2. The van der Waals surface area contributed by atoms with Crippen LogP contribution in [0.1, 0.15) is 29.2 Å². The first-order valence-corrected chi connectivity index (χ1v) is 6.68. The Morgan fingerprint density at radius 2 is 2.37 bits per heavy atom. The summed E-state index contributed by atoms with van der Waals surface area (Å²) in [6.07, 6.45) is 2.95. The smallest absolute Gasteiger partial charge is 0.0908 e. The highest BCUT2D eigenvalue weighted by molar-refractivity contribution is 5.43. The molecule has 0 spiro atoms. The van der Waals surface area contributed by atoms with Gasteiger partial charge in [0, 0.05) is 18.7 Å². The maximum Gasteiger partial charge on any atom is 0.0908 e. The molecule has 0 bridgehead atoms. The van der Waals surface area contributed by atoms with E-state index in [-0.39, 0.29) is 0 Å². The molecule has 0 radical (unpaired) electrons. The van der Waals surface area contributed by atoms with Crippen molar-refractivity contribution >= 4 is 5.69 Å².